The van der Waals surface area contributed by atoms with Crippen LogP contribution in [-0.2, 0) is 20.8 Å². The molecule has 244 valence electrons. The van der Waals surface area contributed by atoms with Gasteiger partial charge in [-0.15, -0.1) is 0 Å². The number of amides is 1. The topological polar surface area (TPSA) is 161 Å². The molecule has 0 saturated carbocycles. The number of halogens is 3. The van der Waals surface area contributed by atoms with Gasteiger partial charge in [-0.05, 0) is 55.7 Å². The first-order valence-corrected chi connectivity index (χ1v) is 14.7. The monoisotopic (exact) mass is 639 g/mol. The molecule has 46 heavy (non-hydrogen) atoms. The van der Waals surface area contributed by atoms with Crippen molar-refractivity contribution in [2.24, 2.45) is 0 Å². The molecule has 0 aliphatic rings. The second-order valence-corrected chi connectivity index (χ2v) is 10.6. The lowest BCUT2D eigenvalue weighted by molar-refractivity contribution is -0.192. The third-order valence-electron chi connectivity index (χ3n) is 7.31. The molecule has 4 aromatic rings. The number of aromatic amines is 2. The van der Waals surface area contributed by atoms with Crippen LogP contribution in [0.1, 0.15) is 74.1 Å². The number of fused-ring (bicyclic) bond motifs is 1. The van der Waals surface area contributed by atoms with Crippen LogP contribution in [0.3, 0.4) is 0 Å². The number of carboxylic acid groups (broad SMARTS) is 1. The number of hydrogen-bond donors (Lipinski definition) is 4. The fourth-order valence-corrected chi connectivity index (χ4v) is 4.84. The number of unbranched alkanes of at least 4 members (excludes halogenated alkanes) is 2. The largest absolute Gasteiger partial charge is 0.497 e. The van der Waals surface area contributed by atoms with Gasteiger partial charge in [0, 0.05) is 35.0 Å². The summed E-state index contributed by atoms with van der Waals surface area (Å²) in [5, 5.41) is 20.5. The molecule has 1 amide bonds. The molecule has 2 heterocycles. The Morgan fingerprint density at radius 2 is 1.85 bits per heavy atom. The number of H-pyrrole nitrogens is 2. The van der Waals surface area contributed by atoms with E-state index in [1.807, 2.05) is 50.2 Å². The molecule has 0 bridgehead atoms. The highest BCUT2D eigenvalue weighted by atomic mass is 19.4. The van der Waals surface area contributed by atoms with E-state index in [2.05, 4.69) is 26.3 Å². The van der Waals surface area contributed by atoms with E-state index in [1.54, 1.807) is 19.4 Å². The number of nitriles is 1. The zero-order valence-electron chi connectivity index (χ0n) is 25.8. The van der Waals surface area contributed by atoms with Crippen molar-refractivity contribution in [1.29, 1.82) is 5.26 Å². The number of carbonyl (C=O) groups is 3. The Hall–Kier alpha value is -5.12. The molecule has 2 aromatic carbocycles. The number of ketones is 1. The number of aliphatic carboxylic acids is 1. The molecule has 4 N–H and O–H groups in total. The minimum absolute atomic E-state index is 0.0996. The van der Waals surface area contributed by atoms with Gasteiger partial charge in [0.15, 0.2) is 0 Å². The second-order valence-electron chi connectivity index (χ2n) is 10.6. The van der Waals surface area contributed by atoms with Crippen LogP contribution in [0.15, 0.2) is 48.7 Å². The van der Waals surface area contributed by atoms with E-state index in [0.717, 1.165) is 58.4 Å². The Labute approximate surface area is 264 Å². The van der Waals surface area contributed by atoms with Crippen LogP contribution in [0.5, 0.6) is 5.75 Å². The number of aromatic nitrogens is 3. The molecule has 0 saturated heterocycles. The Bertz CT molecular complexity index is 1700. The standard InChI is InChI=1S/C31H35N5O3.C2HF3O2/c1-4-23(37)11-6-5-7-12-28(31-33-19-29(36-31)22-10-8-9-21(15-22)18-32)35-30(38)17-25-20(2)34-27-14-13-24(39-3)16-26(25)27;3-2(4,5)1(6)7/h8-10,13-16,19,28,34H,4-7,11-12,17H2,1-3H3,(H,33,36)(H,35,38);(H,6,7)/t28-;/m0./s1. The third kappa shape index (κ3) is 9.95. The molecule has 0 spiro atoms. The average molecular weight is 640 g/mol. The highest BCUT2D eigenvalue weighted by Crippen LogP contribution is 2.28. The lowest BCUT2D eigenvalue weighted by atomic mass is 10.0. The number of carboxylic acids is 1. The molecule has 0 aliphatic heterocycles. The number of nitrogens with zero attached hydrogens (tertiary/aromatic N) is 2. The van der Waals surface area contributed by atoms with Crippen LogP contribution in [0.2, 0.25) is 0 Å². The predicted octanol–water partition coefficient (Wildman–Crippen LogP) is 6.71. The summed E-state index contributed by atoms with van der Waals surface area (Å²) in [4.78, 5) is 45.2. The fraction of sp³-hybridized carbons (Fsp3) is 0.364. The third-order valence-corrected chi connectivity index (χ3v) is 7.31. The minimum Gasteiger partial charge on any atom is -0.497 e. The van der Waals surface area contributed by atoms with Crippen molar-refractivity contribution in [3.8, 4) is 23.1 Å². The van der Waals surface area contributed by atoms with Gasteiger partial charge >= 0.3 is 12.1 Å². The fourth-order valence-electron chi connectivity index (χ4n) is 4.84. The Morgan fingerprint density at radius 3 is 2.50 bits per heavy atom. The van der Waals surface area contributed by atoms with Crippen LogP contribution >= 0.6 is 0 Å². The number of carbonyl (C=O) groups excluding carboxylic acids is 2. The van der Waals surface area contributed by atoms with Crippen molar-refractivity contribution >= 4 is 28.6 Å². The summed E-state index contributed by atoms with van der Waals surface area (Å²) >= 11 is 0. The molecule has 0 unspecified atom stereocenters. The van der Waals surface area contributed by atoms with Gasteiger partial charge in [0.25, 0.3) is 0 Å². The zero-order chi connectivity index (χ0) is 33.9. The van der Waals surface area contributed by atoms with E-state index < -0.39 is 12.1 Å². The van der Waals surface area contributed by atoms with Crippen molar-refractivity contribution in [2.75, 3.05) is 7.11 Å². The van der Waals surface area contributed by atoms with Crippen molar-refractivity contribution in [2.45, 2.75) is 71.0 Å². The maximum atomic E-state index is 13.3. The summed E-state index contributed by atoms with van der Waals surface area (Å²) in [7, 11) is 1.63. The summed E-state index contributed by atoms with van der Waals surface area (Å²) < 4.78 is 37.1. The molecule has 0 aliphatic carbocycles. The highest BCUT2D eigenvalue weighted by Gasteiger charge is 2.38. The lowest BCUT2D eigenvalue weighted by Gasteiger charge is -2.17. The number of aryl methyl sites for hydroxylation is 1. The normalized spacial score (nSPS) is 11.7. The van der Waals surface area contributed by atoms with Crippen LogP contribution < -0.4 is 10.1 Å². The Morgan fingerprint density at radius 1 is 1.11 bits per heavy atom. The van der Waals surface area contributed by atoms with E-state index in [1.165, 1.54) is 0 Å². The first-order chi connectivity index (χ1) is 21.9. The van der Waals surface area contributed by atoms with Gasteiger partial charge < -0.3 is 25.1 Å². The highest BCUT2D eigenvalue weighted by molar-refractivity contribution is 5.91. The Balaban J connectivity index is 0.000000738. The maximum Gasteiger partial charge on any atom is 0.490 e. The van der Waals surface area contributed by atoms with Crippen LogP contribution in [-0.4, -0.2) is 51.0 Å². The average Bonchev–Trinajstić information content (AvgIpc) is 3.64. The van der Waals surface area contributed by atoms with E-state index in [0.29, 0.717) is 30.7 Å². The molecule has 2 aromatic heterocycles. The number of ether oxygens (including phenoxy) is 1. The van der Waals surface area contributed by atoms with Crippen LogP contribution in [0.4, 0.5) is 13.2 Å². The number of hydrogen-bond acceptors (Lipinski definition) is 6. The van der Waals surface area contributed by atoms with Crippen LogP contribution in [0.25, 0.3) is 22.2 Å². The molecule has 13 heteroatoms. The SMILES string of the molecule is CCC(=O)CCCCC[C@H](NC(=O)Cc1c(C)[nH]c2ccc(OC)cc12)c1ncc(-c2cccc(C#N)c2)[nH]1.O=C(O)C(F)(F)F. The number of imidazole rings is 1. The Kier molecular flexibility index (Phi) is 12.5. The predicted molar refractivity (Wildman–Crippen MR) is 165 cm³/mol. The van der Waals surface area contributed by atoms with E-state index in [9.17, 15) is 28.0 Å². The summed E-state index contributed by atoms with van der Waals surface area (Å²) in [6, 6.07) is 15.0. The van der Waals surface area contributed by atoms with Gasteiger partial charge in [-0.1, -0.05) is 31.9 Å². The number of benzene rings is 2. The van der Waals surface area contributed by atoms with Gasteiger partial charge in [-0.3, -0.25) is 9.59 Å². The first-order valence-electron chi connectivity index (χ1n) is 14.7. The number of nitrogens with one attached hydrogen (secondary N) is 3. The first kappa shape index (κ1) is 35.4. The summed E-state index contributed by atoms with van der Waals surface area (Å²) in [5.74, 6) is -1.17. The molecule has 0 radical (unpaired) electrons. The second kappa shape index (κ2) is 16.3. The van der Waals surface area contributed by atoms with Crippen molar-refractivity contribution < 1.29 is 37.4 Å². The molecule has 4 rings (SSSR count). The van der Waals surface area contributed by atoms with Gasteiger partial charge in [0.1, 0.15) is 17.4 Å². The lowest BCUT2D eigenvalue weighted by Crippen LogP contribution is -2.30. The minimum atomic E-state index is -5.08. The number of Topliss-reactive ketones (excluding diaryl/α,β-unsaturated/α-hetero) is 1. The maximum absolute atomic E-state index is 13.3. The van der Waals surface area contributed by atoms with E-state index in [-0.39, 0.29) is 24.2 Å². The quantitative estimate of drug-likeness (QED) is 0.118. The van der Waals surface area contributed by atoms with Gasteiger partial charge in [0.05, 0.1) is 43.1 Å². The van der Waals surface area contributed by atoms with Crippen LogP contribution in [0, 0.1) is 18.3 Å². The van der Waals surface area contributed by atoms with E-state index in [4.69, 9.17) is 14.6 Å². The summed E-state index contributed by atoms with van der Waals surface area (Å²) in [5.41, 5.74) is 5.06. The van der Waals surface area contributed by atoms with Gasteiger partial charge in [0.2, 0.25) is 5.91 Å². The molecule has 0 fully saturated rings. The van der Waals surface area contributed by atoms with E-state index >= 15 is 0 Å². The number of alkyl halides is 3. The molecule has 1 atom stereocenters. The van der Waals surface area contributed by atoms with Crippen molar-refractivity contribution in [3.63, 3.8) is 0 Å². The molecular weight excluding hydrogens is 603 g/mol. The van der Waals surface area contributed by atoms with Gasteiger partial charge in [-0.25, -0.2) is 9.78 Å². The number of methoxy groups -OCH3 is 1. The van der Waals surface area contributed by atoms with Crippen molar-refractivity contribution in [3.05, 3.63) is 71.3 Å². The molecule has 10 nitrogen and oxygen atoms in total. The van der Waals surface area contributed by atoms with Crippen molar-refractivity contribution in [1.82, 2.24) is 20.3 Å². The van der Waals surface area contributed by atoms with Gasteiger partial charge in [-0.2, -0.15) is 18.4 Å². The number of rotatable bonds is 13. The molecular formula is C33H36F3N5O5. The summed E-state index contributed by atoms with van der Waals surface area (Å²) in [6.07, 6.45) is 1.32. The zero-order valence-corrected chi connectivity index (χ0v) is 25.8. The smallest absolute Gasteiger partial charge is 0.490 e. The summed E-state index contributed by atoms with van der Waals surface area (Å²) in [6.45, 7) is 3.86.